The van der Waals surface area contributed by atoms with Gasteiger partial charge in [-0.05, 0) is 62.1 Å². The van der Waals surface area contributed by atoms with Crippen LogP contribution in [0.15, 0.2) is 65.1 Å². The van der Waals surface area contributed by atoms with Gasteiger partial charge >= 0.3 is 5.97 Å². The van der Waals surface area contributed by atoms with Crippen LogP contribution in [0.2, 0.25) is 0 Å². The van der Waals surface area contributed by atoms with Crippen LogP contribution in [0.3, 0.4) is 0 Å². The number of nitrogens with one attached hydrogen (secondary N) is 1. The molecule has 0 unspecified atom stereocenters. The Bertz CT molecular complexity index is 1130. The number of benzene rings is 2. The first-order valence-corrected chi connectivity index (χ1v) is 10.5. The smallest absolute Gasteiger partial charge is 0.340 e. The van der Waals surface area contributed by atoms with Crippen molar-refractivity contribution in [3.05, 3.63) is 82.1 Å². The van der Waals surface area contributed by atoms with E-state index in [9.17, 15) is 19.7 Å². The van der Waals surface area contributed by atoms with Gasteiger partial charge in [-0.3, -0.25) is 14.9 Å². The lowest BCUT2D eigenvalue weighted by Gasteiger charge is -2.22. The van der Waals surface area contributed by atoms with E-state index in [1.54, 1.807) is 42.5 Å². The highest BCUT2D eigenvalue weighted by Gasteiger charge is 2.22. The molecular weight excluding hydrogens is 412 g/mol. The maximum Gasteiger partial charge on any atom is 0.340 e. The first-order chi connectivity index (χ1) is 15.5. The zero-order valence-electron chi connectivity index (χ0n) is 17.3. The molecule has 4 rings (SSSR count). The average molecular weight is 434 g/mol. The standard InChI is InChI=1S/C24H22N2O6/c27-23(22-15-14-21(32-22)16-10-12-17(13-11-16)26(29)30)25-20-9-5-4-8-19(20)24(28)31-18-6-2-1-3-7-18/h4-5,8-15,18H,1-3,6-7H2,(H,25,27). The Balaban J connectivity index is 1.46. The van der Waals surface area contributed by atoms with Crippen molar-refractivity contribution in [3.8, 4) is 11.3 Å². The number of ether oxygens (including phenoxy) is 1. The number of para-hydroxylation sites is 1. The van der Waals surface area contributed by atoms with Crippen LogP contribution in [0.4, 0.5) is 11.4 Å². The van der Waals surface area contributed by atoms with Gasteiger partial charge in [-0.1, -0.05) is 18.6 Å². The predicted molar refractivity (Wildman–Crippen MR) is 117 cm³/mol. The number of amides is 1. The molecule has 0 aliphatic heterocycles. The number of hydrogen-bond donors (Lipinski definition) is 1. The van der Waals surface area contributed by atoms with Gasteiger partial charge in [0.2, 0.25) is 0 Å². The Morgan fingerprint density at radius 3 is 2.41 bits per heavy atom. The molecule has 164 valence electrons. The summed E-state index contributed by atoms with van der Waals surface area (Å²) in [6, 6.07) is 15.6. The number of carbonyl (C=O) groups excluding carboxylic acids is 2. The molecule has 0 radical (unpaired) electrons. The third kappa shape index (κ3) is 4.85. The summed E-state index contributed by atoms with van der Waals surface area (Å²) < 4.78 is 11.3. The Labute approximate surface area is 184 Å². The molecule has 0 spiro atoms. The molecule has 0 bridgehead atoms. The van der Waals surface area contributed by atoms with Crippen LogP contribution >= 0.6 is 0 Å². The Morgan fingerprint density at radius 1 is 0.969 bits per heavy atom. The number of furan rings is 1. The maximum atomic E-state index is 12.7. The summed E-state index contributed by atoms with van der Waals surface area (Å²) in [6.45, 7) is 0. The van der Waals surface area contributed by atoms with E-state index >= 15 is 0 Å². The summed E-state index contributed by atoms with van der Waals surface area (Å²) in [5, 5.41) is 13.5. The molecule has 0 atom stereocenters. The third-order valence-electron chi connectivity index (χ3n) is 5.41. The summed E-state index contributed by atoms with van der Waals surface area (Å²) in [6.07, 6.45) is 4.88. The second kappa shape index (κ2) is 9.47. The number of esters is 1. The highest BCUT2D eigenvalue weighted by atomic mass is 16.6. The molecule has 1 N–H and O–H groups in total. The molecule has 8 heteroatoms. The van der Waals surface area contributed by atoms with Gasteiger partial charge in [-0.15, -0.1) is 0 Å². The second-order valence-corrected chi connectivity index (χ2v) is 7.63. The number of hydrogen-bond acceptors (Lipinski definition) is 6. The van der Waals surface area contributed by atoms with Crippen LogP contribution in [-0.2, 0) is 4.74 Å². The van der Waals surface area contributed by atoms with Crippen LogP contribution in [0.5, 0.6) is 0 Å². The highest BCUT2D eigenvalue weighted by Crippen LogP contribution is 2.26. The monoisotopic (exact) mass is 434 g/mol. The number of non-ortho nitro benzene ring substituents is 1. The molecule has 1 fully saturated rings. The molecule has 1 amide bonds. The van der Waals surface area contributed by atoms with Crippen molar-refractivity contribution in [1.82, 2.24) is 0 Å². The fourth-order valence-electron chi connectivity index (χ4n) is 3.71. The van der Waals surface area contributed by atoms with Crippen LogP contribution in [0.25, 0.3) is 11.3 Å². The number of nitro benzene ring substituents is 1. The largest absolute Gasteiger partial charge is 0.459 e. The zero-order valence-corrected chi connectivity index (χ0v) is 17.3. The van der Waals surface area contributed by atoms with Crippen LogP contribution in [0.1, 0.15) is 53.0 Å². The van der Waals surface area contributed by atoms with Gasteiger partial charge in [0.05, 0.1) is 16.2 Å². The number of nitro groups is 1. The van der Waals surface area contributed by atoms with Crippen LogP contribution in [0, 0.1) is 10.1 Å². The minimum absolute atomic E-state index is 0.0324. The highest BCUT2D eigenvalue weighted by molar-refractivity contribution is 6.06. The molecule has 1 aliphatic carbocycles. The van der Waals surface area contributed by atoms with Crippen molar-refractivity contribution in [2.75, 3.05) is 5.32 Å². The van der Waals surface area contributed by atoms with Crippen molar-refractivity contribution in [2.24, 2.45) is 0 Å². The van der Waals surface area contributed by atoms with Gasteiger partial charge in [0.1, 0.15) is 11.9 Å². The Morgan fingerprint density at radius 2 is 1.69 bits per heavy atom. The predicted octanol–water partition coefficient (Wildman–Crippen LogP) is 5.60. The zero-order chi connectivity index (χ0) is 22.5. The molecule has 3 aromatic rings. The molecule has 1 aromatic heterocycles. The molecule has 2 aromatic carbocycles. The lowest BCUT2D eigenvalue weighted by Crippen LogP contribution is -2.22. The van der Waals surface area contributed by atoms with Gasteiger partial charge in [-0.25, -0.2) is 4.79 Å². The summed E-state index contributed by atoms with van der Waals surface area (Å²) in [4.78, 5) is 35.7. The minimum atomic E-state index is -0.518. The number of rotatable bonds is 6. The summed E-state index contributed by atoms with van der Waals surface area (Å²) in [5.41, 5.74) is 1.20. The van der Waals surface area contributed by atoms with Crippen LogP contribution < -0.4 is 5.32 Å². The number of nitrogens with zero attached hydrogens (tertiary/aromatic N) is 1. The lowest BCUT2D eigenvalue weighted by atomic mass is 9.98. The summed E-state index contributed by atoms with van der Waals surface area (Å²) >= 11 is 0. The molecule has 1 saturated carbocycles. The Hall–Kier alpha value is -3.94. The molecule has 0 saturated heterocycles. The van der Waals surface area contributed by atoms with E-state index in [1.165, 1.54) is 18.2 Å². The van der Waals surface area contributed by atoms with E-state index in [-0.39, 0.29) is 23.1 Å². The number of anilines is 1. The molecule has 1 aliphatic rings. The lowest BCUT2D eigenvalue weighted by molar-refractivity contribution is -0.384. The van der Waals surface area contributed by atoms with Crippen molar-refractivity contribution in [2.45, 2.75) is 38.2 Å². The quantitative estimate of drug-likeness (QED) is 0.307. The van der Waals surface area contributed by atoms with Crippen molar-refractivity contribution in [1.29, 1.82) is 0 Å². The molecule has 1 heterocycles. The van der Waals surface area contributed by atoms with E-state index in [0.717, 1.165) is 32.1 Å². The van der Waals surface area contributed by atoms with Gasteiger partial charge in [0, 0.05) is 17.7 Å². The molecule has 8 nitrogen and oxygen atoms in total. The van der Waals surface area contributed by atoms with E-state index in [4.69, 9.17) is 9.15 Å². The SMILES string of the molecule is O=C(Nc1ccccc1C(=O)OC1CCCCC1)c1ccc(-c2ccc([N+](=O)[O-])cc2)o1. The van der Waals surface area contributed by atoms with Crippen molar-refractivity contribution >= 4 is 23.3 Å². The molecule has 32 heavy (non-hydrogen) atoms. The van der Waals surface area contributed by atoms with Crippen molar-refractivity contribution < 1.29 is 23.7 Å². The second-order valence-electron chi connectivity index (χ2n) is 7.63. The average Bonchev–Trinajstić information content (AvgIpc) is 3.31. The fraction of sp³-hybridized carbons (Fsp3) is 0.250. The van der Waals surface area contributed by atoms with E-state index in [0.29, 0.717) is 17.0 Å². The van der Waals surface area contributed by atoms with E-state index < -0.39 is 16.8 Å². The summed E-state index contributed by atoms with van der Waals surface area (Å²) in [7, 11) is 0. The summed E-state index contributed by atoms with van der Waals surface area (Å²) in [5.74, 6) is -0.529. The third-order valence-corrected chi connectivity index (χ3v) is 5.41. The first-order valence-electron chi connectivity index (χ1n) is 10.5. The van der Waals surface area contributed by atoms with Gasteiger partial charge in [-0.2, -0.15) is 0 Å². The normalized spacial score (nSPS) is 14.0. The maximum absolute atomic E-state index is 12.7. The fourth-order valence-corrected chi connectivity index (χ4v) is 3.71. The van der Waals surface area contributed by atoms with Crippen molar-refractivity contribution in [3.63, 3.8) is 0 Å². The minimum Gasteiger partial charge on any atom is -0.459 e. The van der Waals surface area contributed by atoms with Gasteiger partial charge in [0.25, 0.3) is 11.6 Å². The van der Waals surface area contributed by atoms with Gasteiger partial charge < -0.3 is 14.5 Å². The van der Waals surface area contributed by atoms with Gasteiger partial charge in [0.15, 0.2) is 5.76 Å². The first kappa shape index (κ1) is 21.3. The van der Waals surface area contributed by atoms with Crippen LogP contribution in [-0.4, -0.2) is 22.9 Å². The topological polar surface area (TPSA) is 112 Å². The molecular formula is C24H22N2O6. The van der Waals surface area contributed by atoms with E-state index in [1.807, 2.05) is 0 Å². The van der Waals surface area contributed by atoms with E-state index in [2.05, 4.69) is 5.32 Å². The Kier molecular flexibility index (Phi) is 6.30. The number of carbonyl (C=O) groups is 2.